The van der Waals surface area contributed by atoms with Gasteiger partial charge >= 0.3 is 0 Å². The first-order valence-electron chi connectivity index (χ1n) is 3.99. The Hall–Kier alpha value is -1.39. The molecule has 0 bridgehead atoms. The molecule has 0 aromatic carbocycles. The zero-order valence-electron chi connectivity index (χ0n) is 7.64. The van der Waals surface area contributed by atoms with E-state index in [1.165, 1.54) is 12.3 Å². The Morgan fingerprint density at radius 1 is 1.71 bits per heavy atom. The van der Waals surface area contributed by atoms with Gasteiger partial charge in [-0.15, -0.1) is 0 Å². The lowest BCUT2D eigenvalue weighted by atomic mass is 10.4. The van der Waals surface area contributed by atoms with E-state index in [4.69, 9.17) is 17.4 Å². The predicted octanol–water partition coefficient (Wildman–Crippen LogP) is 1.52. The maximum Gasteiger partial charge on any atom is 0.266 e. The monoisotopic (exact) mass is 211 g/mol. The summed E-state index contributed by atoms with van der Waals surface area (Å²) in [5.74, 6) is 5.39. The molecule has 4 nitrogen and oxygen atoms in total. The number of nitrogens with zero attached hydrogens (tertiary/aromatic N) is 2. The van der Waals surface area contributed by atoms with E-state index in [2.05, 4.69) is 4.98 Å². The van der Waals surface area contributed by atoms with Crippen molar-refractivity contribution in [2.75, 3.05) is 5.01 Å². The number of hydrazine groups is 1. The van der Waals surface area contributed by atoms with Gasteiger partial charge in [-0.2, -0.15) is 0 Å². The van der Waals surface area contributed by atoms with Crippen LogP contribution in [0.3, 0.4) is 0 Å². The molecule has 2 N–H and O–H groups in total. The maximum atomic E-state index is 11.3. The summed E-state index contributed by atoms with van der Waals surface area (Å²) in [6, 6.07) is 3.28. The van der Waals surface area contributed by atoms with Crippen LogP contribution in [0.2, 0.25) is 5.02 Å². The fourth-order valence-corrected chi connectivity index (χ4v) is 1.09. The number of amides is 1. The van der Waals surface area contributed by atoms with Crippen molar-refractivity contribution in [3.8, 4) is 0 Å². The summed E-state index contributed by atoms with van der Waals surface area (Å²) in [6.07, 6.45) is 4.45. The first-order valence-corrected chi connectivity index (χ1v) is 4.36. The standard InChI is InChI=1S/C9H10ClN3O/c1-2-4-8(14)13(11)9-7(10)5-3-6-12-9/h2-6H,11H2,1H3/b4-2+. The molecule has 1 rings (SSSR count). The molecule has 0 saturated heterocycles. The third-order valence-corrected chi connectivity index (χ3v) is 1.81. The molecule has 5 heteroatoms. The molecule has 0 spiro atoms. The Balaban J connectivity index is 2.95. The Morgan fingerprint density at radius 3 is 3.00 bits per heavy atom. The highest BCUT2D eigenvalue weighted by molar-refractivity contribution is 6.33. The van der Waals surface area contributed by atoms with Gasteiger partial charge in [0.25, 0.3) is 5.91 Å². The highest BCUT2D eigenvalue weighted by Gasteiger charge is 2.12. The van der Waals surface area contributed by atoms with Gasteiger partial charge in [0, 0.05) is 12.3 Å². The van der Waals surface area contributed by atoms with Gasteiger partial charge in [-0.05, 0) is 19.1 Å². The van der Waals surface area contributed by atoms with Crippen LogP contribution in [-0.2, 0) is 4.79 Å². The van der Waals surface area contributed by atoms with Crippen LogP contribution in [0.15, 0.2) is 30.5 Å². The summed E-state index contributed by atoms with van der Waals surface area (Å²) >= 11 is 5.80. The molecule has 0 fully saturated rings. The summed E-state index contributed by atoms with van der Waals surface area (Å²) in [5.41, 5.74) is 0. The van der Waals surface area contributed by atoms with E-state index >= 15 is 0 Å². The first kappa shape index (κ1) is 10.7. The number of nitrogens with two attached hydrogens (primary N) is 1. The van der Waals surface area contributed by atoms with Gasteiger partial charge in [0.1, 0.15) is 0 Å². The lowest BCUT2D eigenvalue weighted by Crippen LogP contribution is -2.37. The highest BCUT2D eigenvalue weighted by atomic mass is 35.5. The van der Waals surface area contributed by atoms with Crippen molar-refractivity contribution >= 4 is 23.3 Å². The number of allylic oxidation sites excluding steroid dienone is 1. The first-order chi connectivity index (χ1) is 6.66. The molecule has 1 aromatic rings. The van der Waals surface area contributed by atoms with Gasteiger partial charge < -0.3 is 0 Å². The zero-order valence-corrected chi connectivity index (χ0v) is 8.40. The lowest BCUT2D eigenvalue weighted by molar-refractivity contribution is -0.114. The van der Waals surface area contributed by atoms with Gasteiger partial charge in [-0.1, -0.05) is 17.7 Å². The van der Waals surface area contributed by atoms with Crippen LogP contribution in [-0.4, -0.2) is 10.9 Å². The van der Waals surface area contributed by atoms with Gasteiger partial charge in [-0.25, -0.2) is 15.8 Å². The van der Waals surface area contributed by atoms with Crippen molar-refractivity contribution < 1.29 is 4.79 Å². The third-order valence-electron chi connectivity index (χ3n) is 1.51. The van der Waals surface area contributed by atoms with Gasteiger partial charge in [-0.3, -0.25) is 4.79 Å². The molecule has 0 aliphatic carbocycles. The van der Waals surface area contributed by atoms with Crippen molar-refractivity contribution in [1.29, 1.82) is 0 Å². The lowest BCUT2D eigenvalue weighted by Gasteiger charge is -2.13. The van der Waals surface area contributed by atoms with Crippen molar-refractivity contribution in [2.45, 2.75) is 6.92 Å². The molecule has 0 atom stereocenters. The minimum absolute atomic E-state index is 0.247. The van der Waals surface area contributed by atoms with Crippen molar-refractivity contribution in [2.24, 2.45) is 5.84 Å². The van der Waals surface area contributed by atoms with Crippen LogP contribution in [0.1, 0.15) is 6.92 Å². The summed E-state index contributed by atoms with van der Waals surface area (Å²) < 4.78 is 0. The number of hydrogen-bond donors (Lipinski definition) is 1. The molecule has 0 unspecified atom stereocenters. The smallest absolute Gasteiger partial charge is 0.266 e. The topological polar surface area (TPSA) is 59.2 Å². The second-order valence-electron chi connectivity index (χ2n) is 2.52. The number of hydrogen-bond acceptors (Lipinski definition) is 3. The fourth-order valence-electron chi connectivity index (χ4n) is 0.882. The minimum Gasteiger partial charge on any atom is -0.268 e. The normalized spacial score (nSPS) is 10.5. The molecule has 14 heavy (non-hydrogen) atoms. The van der Waals surface area contributed by atoms with Crippen LogP contribution in [0.4, 0.5) is 5.82 Å². The summed E-state index contributed by atoms with van der Waals surface area (Å²) in [7, 11) is 0. The number of rotatable bonds is 2. The van der Waals surface area contributed by atoms with Crippen LogP contribution in [0.5, 0.6) is 0 Å². The maximum absolute atomic E-state index is 11.3. The zero-order chi connectivity index (χ0) is 10.6. The second kappa shape index (κ2) is 4.74. The number of carbonyl (C=O) groups excluding carboxylic acids is 1. The average Bonchev–Trinajstić information content (AvgIpc) is 2.18. The number of halogens is 1. The van der Waals surface area contributed by atoms with Crippen LogP contribution in [0.25, 0.3) is 0 Å². The van der Waals surface area contributed by atoms with E-state index in [0.29, 0.717) is 5.02 Å². The molecule has 74 valence electrons. The number of anilines is 1. The minimum atomic E-state index is -0.367. The molecule has 0 aliphatic rings. The average molecular weight is 212 g/mol. The van der Waals surface area contributed by atoms with Gasteiger partial charge in [0.2, 0.25) is 0 Å². The SMILES string of the molecule is C/C=C/C(=O)N(N)c1ncccc1Cl. The summed E-state index contributed by atoms with van der Waals surface area (Å²) in [6.45, 7) is 1.73. The van der Waals surface area contributed by atoms with E-state index in [9.17, 15) is 4.79 Å². The third kappa shape index (κ3) is 2.31. The highest BCUT2D eigenvalue weighted by Crippen LogP contribution is 2.19. The van der Waals surface area contributed by atoms with Gasteiger partial charge in [0.15, 0.2) is 5.82 Å². The summed E-state index contributed by atoms with van der Waals surface area (Å²) in [4.78, 5) is 15.2. The van der Waals surface area contributed by atoms with Crippen LogP contribution >= 0.6 is 11.6 Å². The van der Waals surface area contributed by atoms with E-state index in [1.807, 2.05) is 0 Å². The number of carbonyl (C=O) groups is 1. The Kier molecular flexibility index (Phi) is 3.62. The van der Waals surface area contributed by atoms with Gasteiger partial charge in [0.05, 0.1) is 5.02 Å². The van der Waals surface area contributed by atoms with E-state index in [1.54, 1.807) is 25.1 Å². The Labute approximate surface area is 87.0 Å². The van der Waals surface area contributed by atoms with E-state index < -0.39 is 0 Å². The number of pyridine rings is 1. The fraction of sp³-hybridized carbons (Fsp3) is 0.111. The molecule has 1 heterocycles. The second-order valence-corrected chi connectivity index (χ2v) is 2.92. The molecule has 1 aromatic heterocycles. The molecular formula is C9H10ClN3O. The molecule has 0 radical (unpaired) electrons. The van der Waals surface area contributed by atoms with E-state index in [0.717, 1.165) is 5.01 Å². The quantitative estimate of drug-likeness (QED) is 0.349. The van der Waals surface area contributed by atoms with Crippen molar-refractivity contribution in [3.63, 3.8) is 0 Å². The van der Waals surface area contributed by atoms with Crippen molar-refractivity contribution in [1.82, 2.24) is 4.98 Å². The Bertz CT molecular complexity index is 365. The van der Waals surface area contributed by atoms with Crippen molar-refractivity contribution in [3.05, 3.63) is 35.5 Å². The summed E-state index contributed by atoms with van der Waals surface area (Å²) in [5, 5.41) is 1.25. The molecule has 1 amide bonds. The largest absolute Gasteiger partial charge is 0.268 e. The molecule has 0 saturated carbocycles. The van der Waals surface area contributed by atoms with Crippen LogP contribution in [0, 0.1) is 0 Å². The Morgan fingerprint density at radius 2 is 2.43 bits per heavy atom. The van der Waals surface area contributed by atoms with Crippen LogP contribution < -0.4 is 10.9 Å². The molecule has 0 aliphatic heterocycles. The number of aromatic nitrogens is 1. The predicted molar refractivity (Wildman–Crippen MR) is 55.7 cm³/mol. The van der Waals surface area contributed by atoms with E-state index in [-0.39, 0.29) is 11.7 Å². The molecular weight excluding hydrogens is 202 g/mol.